The van der Waals surface area contributed by atoms with Crippen molar-refractivity contribution in [3.63, 3.8) is 0 Å². The predicted molar refractivity (Wildman–Crippen MR) is 69.8 cm³/mol. The zero-order valence-corrected chi connectivity index (χ0v) is 10.5. The van der Waals surface area contributed by atoms with Crippen molar-refractivity contribution in [2.75, 3.05) is 30.8 Å². The first-order valence-corrected chi connectivity index (χ1v) is 6.13. The average molecular weight is 236 g/mol. The van der Waals surface area contributed by atoms with Gasteiger partial charge in [0.15, 0.2) is 11.5 Å². The number of nitrogen functional groups attached to an aromatic ring is 1. The van der Waals surface area contributed by atoms with Crippen LogP contribution in [0.1, 0.15) is 20.3 Å². The van der Waals surface area contributed by atoms with Crippen LogP contribution in [0.15, 0.2) is 12.1 Å². The van der Waals surface area contributed by atoms with Crippen molar-refractivity contribution < 1.29 is 9.47 Å². The summed E-state index contributed by atoms with van der Waals surface area (Å²) >= 11 is 0. The third-order valence-corrected chi connectivity index (χ3v) is 3.05. The molecule has 0 amide bonds. The highest BCUT2D eigenvalue weighted by molar-refractivity contribution is 5.72. The number of nitrogens with one attached hydrogen (secondary N) is 1. The minimum atomic E-state index is 0.589. The molecule has 0 bridgehead atoms. The zero-order valence-electron chi connectivity index (χ0n) is 10.5. The number of ether oxygens (including phenoxy) is 2. The van der Waals surface area contributed by atoms with Crippen molar-refractivity contribution in [1.82, 2.24) is 0 Å². The second-order valence-corrected chi connectivity index (χ2v) is 4.48. The van der Waals surface area contributed by atoms with Crippen molar-refractivity contribution in [2.45, 2.75) is 20.3 Å². The van der Waals surface area contributed by atoms with E-state index >= 15 is 0 Å². The molecule has 4 heteroatoms. The molecule has 2 rings (SSSR count). The molecule has 1 aromatic rings. The first-order chi connectivity index (χ1) is 8.20. The normalized spacial score (nSPS) is 15.4. The lowest BCUT2D eigenvalue weighted by Crippen LogP contribution is -2.17. The first-order valence-electron chi connectivity index (χ1n) is 6.13. The first kappa shape index (κ1) is 11.9. The molecule has 0 radical (unpaired) electrons. The lowest BCUT2D eigenvalue weighted by molar-refractivity contribution is 0.172. The minimum Gasteiger partial charge on any atom is -0.486 e. The molecule has 1 atom stereocenters. The number of hydrogen-bond acceptors (Lipinski definition) is 4. The number of anilines is 2. The summed E-state index contributed by atoms with van der Waals surface area (Å²) in [5.41, 5.74) is 7.61. The molecule has 1 unspecified atom stereocenters. The highest BCUT2D eigenvalue weighted by Gasteiger charge is 2.14. The fraction of sp³-hybridized carbons (Fsp3) is 0.538. The van der Waals surface area contributed by atoms with Gasteiger partial charge in [-0.2, -0.15) is 0 Å². The Labute approximate surface area is 102 Å². The Morgan fingerprint density at radius 1 is 1.29 bits per heavy atom. The maximum atomic E-state index is 5.97. The lowest BCUT2D eigenvalue weighted by atomic mass is 10.1. The third-order valence-electron chi connectivity index (χ3n) is 3.05. The summed E-state index contributed by atoms with van der Waals surface area (Å²) in [6, 6.07) is 3.75. The van der Waals surface area contributed by atoms with Gasteiger partial charge in [-0.3, -0.25) is 0 Å². The molecule has 1 aliphatic heterocycles. The SMILES string of the molecule is CCC(C)CNc1cc2c(cc1N)OCCO2. The monoisotopic (exact) mass is 236 g/mol. The molecule has 0 spiro atoms. The van der Waals surface area contributed by atoms with E-state index in [-0.39, 0.29) is 0 Å². The van der Waals surface area contributed by atoms with Gasteiger partial charge >= 0.3 is 0 Å². The van der Waals surface area contributed by atoms with Crippen LogP contribution in [0, 0.1) is 5.92 Å². The van der Waals surface area contributed by atoms with Gasteiger partial charge in [0.1, 0.15) is 13.2 Å². The summed E-state index contributed by atoms with van der Waals surface area (Å²) in [5.74, 6) is 2.14. The Bertz CT molecular complexity index is 393. The van der Waals surface area contributed by atoms with Gasteiger partial charge in [0.2, 0.25) is 0 Å². The largest absolute Gasteiger partial charge is 0.486 e. The number of fused-ring (bicyclic) bond motifs is 1. The second-order valence-electron chi connectivity index (χ2n) is 4.48. The molecular formula is C13H20N2O2. The molecule has 94 valence electrons. The van der Waals surface area contributed by atoms with Crippen LogP contribution in [-0.2, 0) is 0 Å². The van der Waals surface area contributed by atoms with E-state index in [1.807, 2.05) is 12.1 Å². The predicted octanol–water partition coefficient (Wildman–Crippen LogP) is 2.50. The maximum Gasteiger partial charge on any atom is 0.163 e. The third kappa shape index (κ3) is 2.75. The molecule has 0 saturated heterocycles. The standard InChI is InChI=1S/C13H20N2O2/c1-3-9(2)8-15-11-7-13-12(6-10(11)14)16-4-5-17-13/h6-7,9,15H,3-5,8,14H2,1-2H3. The van der Waals surface area contributed by atoms with Gasteiger partial charge in [-0.15, -0.1) is 0 Å². The quantitative estimate of drug-likeness (QED) is 0.789. The van der Waals surface area contributed by atoms with Crippen LogP contribution in [0.2, 0.25) is 0 Å². The Balaban J connectivity index is 2.11. The lowest BCUT2D eigenvalue weighted by Gasteiger charge is -2.21. The van der Waals surface area contributed by atoms with Gasteiger partial charge in [-0.1, -0.05) is 20.3 Å². The zero-order chi connectivity index (χ0) is 12.3. The van der Waals surface area contributed by atoms with Crippen LogP contribution in [0.3, 0.4) is 0 Å². The van der Waals surface area contributed by atoms with Crippen molar-refractivity contribution in [3.8, 4) is 11.5 Å². The van der Waals surface area contributed by atoms with E-state index in [1.165, 1.54) is 0 Å². The van der Waals surface area contributed by atoms with Crippen LogP contribution in [-0.4, -0.2) is 19.8 Å². The molecular weight excluding hydrogens is 216 g/mol. The van der Waals surface area contributed by atoms with Crippen molar-refractivity contribution >= 4 is 11.4 Å². The van der Waals surface area contributed by atoms with Crippen LogP contribution in [0.25, 0.3) is 0 Å². The van der Waals surface area contributed by atoms with Gasteiger partial charge in [0.05, 0.1) is 11.4 Å². The van der Waals surface area contributed by atoms with E-state index in [0.717, 1.165) is 30.2 Å². The van der Waals surface area contributed by atoms with E-state index < -0.39 is 0 Å². The van der Waals surface area contributed by atoms with Crippen LogP contribution < -0.4 is 20.5 Å². The second kappa shape index (κ2) is 5.17. The van der Waals surface area contributed by atoms with Crippen molar-refractivity contribution in [2.24, 2.45) is 5.92 Å². The molecule has 1 heterocycles. The van der Waals surface area contributed by atoms with E-state index in [2.05, 4.69) is 19.2 Å². The topological polar surface area (TPSA) is 56.5 Å². The Morgan fingerprint density at radius 3 is 2.59 bits per heavy atom. The minimum absolute atomic E-state index is 0.589. The van der Waals surface area contributed by atoms with Crippen molar-refractivity contribution in [3.05, 3.63) is 12.1 Å². The molecule has 0 aromatic heterocycles. The van der Waals surface area contributed by atoms with E-state index in [4.69, 9.17) is 15.2 Å². The van der Waals surface area contributed by atoms with E-state index in [1.54, 1.807) is 0 Å². The molecule has 0 saturated carbocycles. The fourth-order valence-corrected chi connectivity index (χ4v) is 1.69. The van der Waals surface area contributed by atoms with Crippen LogP contribution in [0.5, 0.6) is 11.5 Å². The molecule has 1 aromatic carbocycles. The van der Waals surface area contributed by atoms with E-state index in [0.29, 0.717) is 24.8 Å². The molecule has 0 fully saturated rings. The van der Waals surface area contributed by atoms with Gasteiger partial charge in [-0.25, -0.2) is 0 Å². The summed E-state index contributed by atoms with van der Waals surface area (Å²) in [5, 5.41) is 3.35. The number of rotatable bonds is 4. The fourth-order valence-electron chi connectivity index (χ4n) is 1.69. The number of hydrogen-bond donors (Lipinski definition) is 2. The van der Waals surface area contributed by atoms with Crippen molar-refractivity contribution in [1.29, 1.82) is 0 Å². The van der Waals surface area contributed by atoms with Gasteiger partial charge < -0.3 is 20.5 Å². The Morgan fingerprint density at radius 2 is 1.94 bits per heavy atom. The van der Waals surface area contributed by atoms with Crippen LogP contribution in [0.4, 0.5) is 11.4 Å². The average Bonchev–Trinajstić information content (AvgIpc) is 2.35. The Kier molecular flexibility index (Phi) is 3.61. The highest BCUT2D eigenvalue weighted by Crippen LogP contribution is 2.36. The number of benzene rings is 1. The number of nitrogens with two attached hydrogens (primary N) is 1. The summed E-state index contributed by atoms with van der Waals surface area (Å²) in [6.45, 7) is 6.49. The highest BCUT2D eigenvalue weighted by atomic mass is 16.6. The molecule has 17 heavy (non-hydrogen) atoms. The smallest absolute Gasteiger partial charge is 0.163 e. The summed E-state index contributed by atoms with van der Waals surface area (Å²) in [4.78, 5) is 0. The van der Waals surface area contributed by atoms with Gasteiger partial charge in [0, 0.05) is 18.7 Å². The van der Waals surface area contributed by atoms with Gasteiger partial charge in [0.25, 0.3) is 0 Å². The Hall–Kier alpha value is -1.58. The summed E-state index contributed by atoms with van der Waals surface area (Å²) in [6.07, 6.45) is 1.15. The molecule has 3 N–H and O–H groups in total. The van der Waals surface area contributed by atoms with Crippen LogP contribution >= 0.6 is 0 Å². The molecule has 4 nitrogen and oxygen atoms in total. The van der Waals surface area contributed by atoms with E-state index in [9.17, 15) is 0 Å². The summed E-state index contributed by atoms with van der Waals surface area (Å²) < 4.78 is 11.0. The maximum absolute atomic E-state index is 5.97. The molecule has 0 aliphatic carbocycles. The molecule has 1 aliphatic rings. The summed E-state index contributed by atoms with van der Waals surface area (Å²) in [7, 11) is 0. The van der Waals surface area contributed by atoms with Gasteiger partial charge in [-0.05, 0) is 5.92 Å².